The summed E-state index contributed by atoms with van der Waals surface area (Å²) in [4.78, 5) is 14.0. The fourth-order valence-electron chi connectivity index (χ4n) is 1.86. The first-order valence-corrected chi connectivity index (χ1v) is 7.10. The summed E-state index contributed by atoms with van der Waals surface area (Å²) in [5.74, 6) is -0.873. The number of halogens is 2. The maximum absolute atomic E-state index is 13.8. The molecule has 0 amide bonds. The average molecular weight is 319 g/mol. The van der Waals surface area contributed by atoms with Gasteiger partial charge >= 0.3 is 0 Å². The van der Waals surface area contributed by atoms with Gasteiger partial charge in [0.05, 0.1) is 11.1 Å². The molecule has 0 bridgehead atoms. The van der Waals surface area contributed by atoms with Crippen molar-refractivity contribution in [2.24, 2.45) is 0 Å². The molecule has 3 rings (SSSR count). The van der Waals surface area contributed by atoms with Crippen LogP contribution in [0.2, 0.25) is 0 Å². The molecule has 0 saturated carbocycles. The lowest BCUT2D eigenvalue weighted by molar-refractivity contribution is 0.619. The molecule has 1 aromatic carbocycles. The molecule has 0 aliphatic rings. The van der Waals surface area contributed by atoms with Crippen molar-refractivity contribution in [3.8, 4) is 10.6 Å². The van der Waals surface area contributed by atoms with Crippen molar-refractivity contribution in [2.45, 2.75) is 0 Å². The quantitative estimate of drug-likeness (QED) is 0.803. The van der Waals surface area contributed by atoms with Crippen molar-refractivity contribution >= 4 is 28.1 Å². The minimum Gasteiger partial charge on any atom is -0.368 e. The fourth-order valence-corrected chi connectivity index (χ4v) is 2.75. The third-order valence-corrected chi connectivity index (χ3v) is 4.07. The zero-order valence-corrected chi connectivity index (χ0v) is 12.3. The molecule has 2 heterocycles. The van der Waals surface area contributed by atoms with Crippen LogP contribution in [0.15, 0.2) is 36.7 Å². The molecule has 0 aliphatic carbocycles. The minimum atomic E-state index is -0.561. The average Bonchev–Trinajstić information content (AvgIpc) is 2.99. The molecule has 5 nitrogen and oxygen atoms in total. The van der Waals surface area contributed by atoms with Crippen LogP contribution in [0.3, 0.4) is 0 Å². The van der Waals surface area contributed by atoms with Crippen LogP contribution < -0.4 is 10.6 Å². The zero-order valence-electron chi connectivity index (χ0n) is 11.5. The second kappa shape index (κ2) is 5.64. The SMILES string of the molecule is CN(c1ccc(F)cc1)c1ncc(-c2nc(N)ncc2F)s1. The summed E-state index contributed by atoms with van der Waals surface area (Å²) in [5, 5.41) is 0.623. The van der Waals surface area contributed by atoms with Crippen LogP contribution in [-0.2, 0) is 0 Å². The fraction of sp³-hybridized carbons (Fsp3) is 0.0714. The molecule has 0 aliphatic heterocycles. The Labute approximate surface area is 129 Å². The van der Waals surface area contributed by atoms with Crippen molar-refractivity contribution < 1.29 is 8.78 Å². The van der Waals surface area contributed by atoms with Gasteiger partial charge in [0, 0.05) is 18.9 Å². The number of nitrogens with zero attached hydrogens (tertiary/aromatic N) is 4. The molecule has 0 atom stereocenters. The number of aromatic nitrogens is 3. The minimum absolute atomic E-state index is 0.00163. The number of hydrogen-bond acceptors (Lipinski definition) is 6. The van der Waals surface area contributed by atoms with Gasteiger partial charge < -0.3 is 10.6 Å². The second-order valence-corrected chi connectivity index (χ2v) is 5.48. The largest absolute Gasteiger partial charge is 0.368 e. The van der Waals surface area contributed by atoms with E-state index in [0.717, 1.165) is 11.9 Å². The molecule has 22 heavy (non-hydrogen) atoms. The van der Waals surface area contributed by atoms with E-state index < -0.39 is 5.82 Å². The smallest absolute Gasteiger partial charge is 0.220 e. The van der Waals surface area contributed by atoms with Gasteiger partial charge in [-0.25, -0.2) is 23.7 Å². The molecular weight excluding hydrogens is 308 g/mol. The molecule has 112 valence electrons. The topological polar surface area (TPSA) is 67.9 Å². The molecule has 0 saturated heterocycles. The predicted molar refractivity (Wildman–Crippen MR) is 82.0 cm³/mol. The Kier molecular flexibility index (Phi) is 3.68. The van der Waals surface area contributed by atoms with Crippen molar-refractivity contribution in [1.82, 2.24) is 15.0 Å². The van der Waals surface area contributed by atoms with Crippen LogP contribution >= 0.6 is 11.3 Å². The summed E-state index contributed by atoms with van der Waals surface area (Å²) >= 11 is 1.25. The number of rotatable bonds is 3. The first kappa shape index (κ1) is 14.3. The van der Waals surface area contributed by atoms with Crippen LogP contribution in [0.4, 0.5) is 25.5 Å². The molecule has 8 heteroatoms. The Morgan fingerprint density at radius 1 is 1.09 bits per heavy atom. The lowest BCUT2D eigenvalue weighted by Crippen LogP contribution is -2.08. The van der Waals surface area contributed by atoms with Crippen LogP contribution in [0.25, 0.3) is 10.6 Å². The van der Waals surface area contributed by atoms with Crippen LogP contribution in [-0.4, -0.2) is 22.0 Å². The van der Waals surface area contributed by atoms with Crippen LogP contribution in [0.1, 0.15) is 0 Å². The van der Waals surface area contributed by atoms with Gasteiger partial charge in [0.25, 0.3) is 0 Å². The summed E-state index contributed by atoms with van der Waals surface area (Å²) in [6.07, 6.45) is 2.55. The van der Waals surface area contributed by atoms with Gasteiger partial charge in [0.2, 0.25) is 5.95 Å². The third-order valence-electron chi connectivity index (χ3n) is 2.99. The number of nitrogen functional groups attached to an aromatic ring is 1. The van der Waals surface area contributed by atoms with Gasteiger partial charge in [-0.15, -0.1) is 0 Å². The van der Waals surface area contributed by atoms with Crippen LogP contribution in [0, 0.1) is 11.6 Å². The van der Waals surface area contributed by atoms with E-state index >= 15 is 0 Å². The lowest BCUT2D eigenvalue weighted by Gasteiger charge is -2.15. The van der Waals surface area contributed by atoms with E-state index in [1.165, 1.54) is 29.7 Å². The highest BCUT2D eigenvalue weighted by Gasteiger charge is 2.15. The third kappa shape index (κ3) is 2.73. The molecule has 0 fully saturated rings. The number of anilines is 3. The maximum atomic E-state index is 13.8. The first-order chi connectivity index (χ1) is 10.5. The number of nitrogens with two attached hydrogens (primary N) is 1. The standard InChI is InChI=1S/C14H11F2N5S/c1-21(9-4-2-8(15)3-5-9)14-19-7-11(22-14)12-10(16)6-18-13(17)20-12/h2-7H,1H3,(H2,17,18,20). The molecule has 2 aromatic heterocycles. The van der Waals surface area contributed by atoms with E-state index in [4.69, 9.17) is 5.73 Å². The van der Waals surface area contributed by atoms with E-state index in [9.17, 15) is 8.78 Å². The highest BCUT2D eigenvalue weighted by atomic mass is 32.1. The predicted octanol–water partition coefficient (Wildman–Crippen LogP) is 3.23. The second-order valence-electron chi connectivity index (χ2n) is 4.47. The van der Waals surface area contributed by atoms with E-state index in [-0.39, 0.29) is 17.5 Å². The van der Waals surface area contributed by atoms with Crippen molar-refractivity contribution in [2.75, 3.05) is 17.7 Å². The molecule has 0 radical (unpaired) electrons. The molecule has 3 aromatic rings. The Morgan fingerprint density at radius 2 is 1.82 bits per heavy atom. The molecule has 0 spiro atoms. The molecule has 0 unspecified atom stereocenters. The summed E-state index contributed by atoms with van der Waals surface area (Å²) in [6, 6.07) is 6.01. The summed E-state index contributed by atoms with van der Waals surface area (Å²) in [6.45, 7) is 0. The Bertz CT molecular complexity index is 803. The van der Waals surface area contributed by atoms with E-state index in [1.54, 1.807) is 24.1 Å². The normalized spacial score (nSPS) is 10.7. The highest BCUT2D eigenvalue weighted by molar-refractivity contribution is 7.18. The van der Waals surface area contributed by atoms with Gasteiger partial charge in [0.15, 0.2) is 10.9 Å². The van der Waals surface area contributed by atoms with E-state index in [0.29, 0.717) is 10.0 Å². The Balaban J connectivity index is 1.93. The number of benzene rings is 1. The maximum Gasteiger partial charge on any atom is 0.220 e. The monoisotopic (exact) mass is 319 g/mol. The van der Waals surface area contributed by atoms with E-state index in [2.05, 4.69) is 15.0 Å². The van der Waals surface area contributed by atoms with Gasteiger partial charge in [-0.05, 0) is 24.3 Å². The molecule has 2 N–H and O–H groups in total. The summed E-state index contributed by atoms with van der Waals surface area (Å²) < 4.78 is 26.7. The van der Waals surface area contributed by atoms with Crippen LogP contribution in [0.5, 0.6) is 0 Å². The highest BCUT2D eigenvalue weighted by Crippen LogP contribution is 2.34. The first-order valence-electron chi connectivity index (χ1n) is 6.28. The van der Waals surface area contributed by atoms with Gasteiger partial charge in [0.1, 0.15) is 11.5 Å². The lowest BCUT2D eigenvalue weighted by atomic mass is 10.3. The number of hydrogen-bond donors (Lipinski definition) is 1. The number of thiazole rings is 1. The van der Waals surface area contributed by atoms with Gasteiger partial charge in [-0.3, -0.25) is 0 Å². The van der Waals surface area contributed by atoms with Gasteiger partial charge in [-0.1, -0.05) is 11.3 Å². The Morgan fingerprint density at radius 3 is 2.55 bits per heavy atom. The van der Waals surface area contributed by atoms with Crippen molar-refractivity contribution in [3.63, 3.8) is 0 Å². The van der Waals surface area contributed by atoms with Gasteiger partial charge in [-0.2, -0.15) is 0 Å². The van der Waals surface area contributed by atoms with E-state index in [1.807, 2.05) is 0 Å². The Hall–Kier alpha value is -2.61. The summed E-state index contributed by atoms with van der Waals surface area (Å²) in [5.41, 5.74) is 6.37. The van der Waals surface area contributed by atoms with Crippen molar-refractivity contribution in [3.05, 3.63) is 48.3 Å². The zero-order chi connectivity index (χ0) is 15.7. The van der Waals surface area contributed by atoms with Crippen molar-refractivity contribution in [1.29, 1.82) is 0 Å². The molecular formula is C14H11F2N5S. The summed E-state index contributed by atoms with van der Waals surface area (Å²) in [7, 11) is 1.79.